The number of alkyl halides is 1. The van der Waals surface area contributed by atoms with Gasteiger partial charge in [0.25, 0.3) is 0 Å². The van der Waals surface area contributed by atoms with Crippen LogP contribution in [0.5, 0.6) is 5.75 Å². The molecule has 0 N–H and O–H groups in total. The van der Waals surface area contributed by atoms with E-state index in [9.17, 15) is 4.79 Å². The molecule has 2 nitrogen and oxygen atoms in total. The number of carbonyl (C=O) groups excluding carboxylic acids is 1. The smallest absolute Gasteiger partial charge is 0.337 e. The molecular formula is C16H9Cl7O2. The fourth-order valence-corrected chi connectivity index (χ4v) is 3.52. The number of carbonyl (C=O) groups is 1. The predicted molar refractivity (Wildman–Crippen MR) is 106 cm³/mol. The SMILES string of the molecule is CC[C@@](Cl)(C(=O)Oc1c(Cl)c(Cl)c(Cl)c(Cl)c1Cl)c1ccc(Cl)cc1. The van der Waals surface area contributed by atoms with Crippen LogP contribution in [-0.4, -0.2) is 5.97 Å². The van der Waals surface area contributed by atoms with E-state index in [0.29, 0.717) is 10.6 Å². The van der Waals surface area contributed by atoms with Crippen molar-refractivity contribution >= 4 is 87.2 Å². The second-order valence-corrected chi connectivity index (χ2v) is 7.92. The zero-order valence-corrected chi connectivity index (χ0v) is 17.8. The molecule has 0 heterocycles. The van der Waals surface area contributed by atoms with Gasteiger partial charge >= 0.3 is 5.97 Å². The Morgan fingerprint density at radius 3 is 1.76 bits per heavy atom. The van der Waals surface area contributed by atoms with Crippen LogP contribution in [0.1, 0.15) is 18.9 Å². The molecule has 0 aromatic heterocycles. The Morgan fingerprint density at radius 1 is 0.880 bits per heavy atom. The molecule has 0 radical (unpaired) electrons. The lowest BCUT2D eigenvalue weighted by Gasteiger charge is -2.25. The van der Waals surface area contributed by atoms with Gasteiger partial charge < -0.3 is 4.74 Å². The summed E-state index contributed by atoms with van der Waals surface area (Å²) in [5.74, 6) is -1.00. The Labute approximate surface area is 179 Å². The molecule has 2 rings (SSSR count). The van der Waals surface area contributed by atoms with Gasteiger partial charge in [0.1, 0.15) is 10.0 Å². The predicted octanol–water partition coefficient (Wildman–Crippen LogP) is 8.06. The summed E-state index contributed by atoms with van der Waals surface area (Å²) in [4.78, 5) is 11.3. The first kappa shape index (κ1) is 21.2. The minimum atomic E-state index is -1.48. The first-order chi connectivity index (χ1) is 11.6. The van der Waals surface area contributed by atoms with Crippen LogP contribution in [0.15, 0.2) is 24.3 Å². The van der Waals surface area contributed by atoms with Crippen LogP contribution in [0.2, 0.25) is 30.1 Å². The van der Waals surface area contributed by atoms with E-state index >= 15 is 0 Å². The minimum absolute atomic E-state index is 0.0385. The molecule has 0 aliphatic carbocycles. The van der Waals surface area contributed by atoms with Gasteiger partial charge in [-0.2, -0.15) is 0 Å². The lowest BCUT2D eigenvalue weighted by Crippen LogP contribution is -2.33. The molecule has 25 heavy (non-hydrogen) atoms. The van der Waals surface area contributed by atoms with Gasteiger partial charge in [-0.1, -0.05) is 88.7 Å². The van der Waals surface area contributed by atoms with Gasteiger partial charge in [-0.3, -0.25) is 0 Å². The molecule has 0 spiro atoms. The van der Waals surface area contributed by atoms with E-state index in [1.807, 2.05) is 0 Å². The molecule has 2 aromatic carbocycles. The van der Waals surface area contributed by atoms with Crippen molar-refractivity contribution in [2.24, 2.45) is 0 Å². The molecular weight excluding hydrogens is 472 g/mol. The first-order valence-electron chi connectivity index (χ1n) is 6.82. The largest absolute Gasteiger partial charge is 0.422 e. The van der Waals surface area contributed by atoms with Crippen LogP contribution < -0.4 is 4.74 Å². The Bertz CT molecular complexity index is 791. The highest BCUT2D eigenvalue weighted by Crippen LogP contribution is 2.49. The highest BCUT2D eigenvalue weighted by atomic mass is 35.5. The van der Waals surface area contributed by atoms with Crippen molar-refractivity contribution in [1.82, 2.24) is 0 Å². The zero-order valence-electron chi connectivity index (χ0n) is 12.5. The average Bonchev–Trinajstić information content (AvgIpc) is 2.61. The lowest BCUT2D eigenvalue weighted by molar-refractivity contribution is -0.137. The van der Waals surface area contributed by atoms with Crippen LogP contribution in [0.4, 0.5) is 0 Å². The monoisotopic (exact) mass is 478 g/mol. The number of hydrogen-bond acceptors (Lipinski definition) is 2. The maximum absolute atomic E-state index is 12.7. The molecule has 0 amide bonds. The number of rotatable bonds is 4. The van der Waals surface area contributed by atoms with Gasteiger partial charge in [0, 0.05) is 5.02 Å². The number of hydrogen-bond donors (Lipinski definition) is 0. The van der Waals surface area contributed by atoms with Gasteiger partial charge in [-0.15, -0.1) is 11.6 Å². The van der Waals surface area contributed by atoms with Crippen molar-refractivity contribution in [3.05, 3.63) is 60.0 Å². The topological polar surface area (TPSA) is 26.3 Å². The third-order valence-corrected chi connectivity index (χ3v) is 6.61. The summed E-state index contributed by atoms with van der Waals surface area (Å²) in [6.07, 6.45) is 0.235. The van der Waals surface area contributed by atoms with Gasteiger partial charge in [0.15, 0.2) is 10.6 Å². The Hall–Kier alpha value is -0.0600. The molecule has 0 saturated carbocycles. The standard InChI is InChI=1S/C16H9Cl7O2/c1-2-16(23,7-3-5-8(17)6-4-7)15(24)25-14-12(21)10(19)9(18)11(20)13(14)22/h3-6H,2H2,1H3/t16-/m0/s1. The van der Waals surface area contributed by atoms with E-state index in [2.05, 4.69) is 0 Å². The molecule has 0 aliphatic rings. The number of ether oxygens (including phenoxy) is 1. The summed E-state index contributed by atoms with van der Waals surface area (Å²) in [6, 6.07) is 6.50. The van der Waals surface area contributed by atoms with E-state index in [0.717, 1.165) is 0 Å². The highest BCUT2D eigenvalue weighted by Gasteiger charge is 2.39. The van der Waals surface area contributed by atoms with Crippen LogP contribution >= 0.6 is 81.2 Å². The van der Waals surface area contributed by atoms with Crippen LogP contribution in [0, 0.1) is 0 Å². The van der Waals surface area contributed by atoms with E-state index in [1.165, 1.54) is 0 Å². The molecule has 134 valence electrons. The van der Waals surface area contributed by atoms with Crippen molar-refractivity contribution < 1.29 is 9.53 Å². The Balaban J connectivity index is 2.46. The summed E-state index contributed by atoms with van der Waals surface area (Å²) < 4.78 is 5.34. The Morgan fingerprint density at radius 2 is 1.32 bits per heavy atom. The molecule has 0 aliphatic heterocycles. The van der Waals surface area contributed by atoms with Gasteiger partial charge in [-0.25, -0.2) is 4.79 Å². The van der Waals surface area contributed by atoms with Gasteiger partial charge in [0.05, 0.1) is 15.1 Å². The molecule has 0 fully saturated rings. The first-order valence-corrected chi connectivity index (χ1v) is 9.46. The van der Waals surface area contributed by atoms with Crippen LogP contribution in [0.3, 0.4) is 0 Å². The summed E-state index contributed by atoms with van der Waals surface area (Å²) in [5.41, 5.74) is 0.504. The molecule has 0 bridgehead atoms. The maximum atomic E-state index is 12.7. The van der Waals surface area contributed by atoms with Gasteiger partial charge in [-0.05, 0) is 24.1 Å². The molecule has 0 unspecified atom stereocenters. The van der Waals surface area contributed by atoms with E-state index in [-0.39, 0.29) is 37.3 Å². The van der Waals surface area contributed by atoms with E-state index < -0.39 is 10.8 Å². The third-order valence-electron chi connectivity index (χ3n) is 3.48. The van der Waals surface area contributed by atoms with Crippen molar-refractivity contribution in [3.63, 3.8) is 0 Å². The van der Waals surface area contributed by atoms with Crippen molar-refractivity contribution in [2.45, 2.75) is 18.2 Å². The molecule has 9 heteroatoms. The number of esters is 1. The van der Waals surface area contributed by atoms with Crippen LogP contribution in [-0.2, 0) is 9.67 Å². The van der Waals surface area contributed by atoms with E-state index in [4.69, 9.17) is 85.9 Å². The highest BCUT2D eigenvalue weighted by molar-refractivity contribution is 6.55. The minimum Gasteiger partial charge on any atom is -0.422 e. The summed E-state index contributed by atoms with van der Waals surface area (Å²) in [7, 11) is 0. The summed E-state index contributed by atoms with van der Waals surface area (Å²) >= 11 is 42.4. The van der Waals surface area contributed by atoms with Crippen LogP contribution in [0.25, 0.3) is 0 Å². The van der Waals surface area contributed by atoms with E-state index in [1.54, 1.807) is 31.2 Å². The summed E-state index contributed by atoms with van der Waals surface area (Å²) in [6.45, 7) is 1.73. The van der Waals surface area contributed by atoms with Crippen molar-refractivity contribution in [2.75, 3.05) is 0 Å². The second-order valence-electron chi connectivity index (χ2n) is 4.95. The Kier molecular flexibility index (Phi) is 7.06. The number of halogens is 7. The van der Waals surface area contributed by atoms with Crippen molar-refractivity contribution in [1.29, 1.82) is 0 Å². The second kappa shape index (κ2) is 8.31. The normalized spacial score (nSPS) is 13.4. The summed E-state index contributed by atoms with van der Waals surface area (Å²) in [5, 5.41) is 0.0340. The van der Waals surface area contributed by atoms with Crippen molar-refractivity contribution in [3.8, 4) is 5.75 Å². The molecule has 2 aromatic rings. The quantitative estimate of drug-likeness (QED) is 0.145. The lowest BCUT2D eigenvalue weighted by atomic mass is 9.95. The fraction of sp³-hybridized carbons (Fsp3) is 0.188. The molecule has 1 atom stereocenters. The number of benzene rings is 2. The fourth-order valence-electron chi connectivity index (χ4n) is 2.03. The zero-order chi connectivity index (χ0) is 18.9. The maximum Gasteiger partial charge on any atom is 0.337 e. The van der Waals surface area contributed by atoms with Gasteiger partial charge in [0.2, 0.25) is 0 Å². The molecule has 0 saturated heterocycles. The average molecular weight is 481 g/mol. The third kappa shape index (κ3) is 4.11.